The number of hydrogen-bond acceptors (Lipinski definition) is 5. The lowest BCUT2D eigenvalue weighted by Gasteiger charge is -2.10. The van der Waals surface area contributed by atoms with Gasteiger partial charge in [-0.3, -0.25) is 4.98 Å². The van der Waals surface area contributed by atoms with Gasteiger partial charge in [0.2, 0.25) is 0 Å². The number of benzene rings is 1. The zero-order valence-corrected chi connectivity index (χ0v) is 12.1. The zero-order chi connectivity index (χ0) is 14.7. The van der Waals surface area contributed by atoms with Crippen molar-refractivity contribution in [3.05, 3.63) is 54.0 Å². The third-order valence-electron chi connectivity index (χ3n) is 3.27. The first-order chi connectivity index (χ1) is 10.3. The molecule has 3 rings (SSSR count). The first kappa shape index (κ1) is 13.3. The van der Waals surface area contributed by atoms with Gasteiger partial charge in [-0.1, -0.05) is 24.3 Å². The van der Waals surface area contributed by atoms with Gasteiger partial charge in [0, 0.05) is 31.2 Å². The largest absolute Gasteiger partial charge is 0.373 e. The SMILES string of the molecule is CNc1cc(NCc2cccc3cccnc23)nc(C)n1. The number of anilines is 2. The summed E-state index contributed by atoms with van der Waals surface area (Å²) in [6.45, 7) is 2.56. The van der Waals surface area contributed by atoms with Crippen LogP contribution in [0.1, 0.15) is 11.4 Å². The van der Waals surface area contributed by atoms with Crippen molar-refractivity contribution in [1.29, 1.82) is 0 Å². The summed E-state index contributed by atoms with van der Waals surface area (Å²) < 4.78 is 0. The van der Waals surface area contributed by atoms with Gasteiger partial charge in [-0.15, -0.1) is 0 Å². The Morgan fingerprint density at radius 3 is 2.71 bits per heavy atom. The molecule has 21 heavy (non-hydrogen) atoms. The van der Waals surface area contributed by atoms with Crippen molar-refractivity contribution in [3.8, 4) is 0 Å². The third-order valence-corrected chi connectivity index (χ3v) is 3.27. The topological polar surface area (TPSA) is 62.7 Å². The van der Waals surface area contributed by atoms with Crippen molar-refractivity contribution in [2.45, 2.75) is 13.5 Å². The van der Waals surface area contributed by atoms with E-state index >= 15 is 0 Å². The molecule has 0 unspecified atom stereocenters. The predicted molar refractivity (Wildman–Crippen MR) is 85.4 cm³/mol. The molecule has 5 heteroatoms. The Morgan fingerprint density at radius 2 is 1.86 bits per heavy atom. The van der Waals surface area contributed by atoms with E-state index in [2.05, 4.69) is 43.8 Å². The first-order valence-electron chi connectivity index (χ1n) is 6.86. The molecule has 0 aliphatic carbocycles. The summed E-state index contributed by atoms with van der Waals surface area (Å²) in [5, 5.41) is 7.52. The van der Waals surface area contributed by atoms with Gasteiger partial charge >= 0.3 is 0 Å². The number of nitrogens with one attached hydrogen (secondary N) is 2. The number of pyridine rings is 1. The molecule has 0 aliphatic rings. The van der Waals surface area contributed by atoms with Crippen LogP contribution >= 0.6 is 0 Å². The van der Waals surface area contributed by atoms with Crippen molar-refractivity contribution in [1.82, 2.24) is 15.0 Å². The Morgan fingerprint density at radius 1 is 1.05 bits per heavy atom. The highest BCUT2D eigenvalue weighted by Gasteiger charge is 2.04. The molecule has 0 amide bonds. The van der Waals surface area contributed by atoms with Gasteiger partial charge in [0.25, 0.3) is 0 Å². The number of aryl methyl sites for hydroxylation is 1. The quantitative estimate of drug-likeness (QED) is 0.768. The lowest BCUT2D eigenvalue weighted by Crippen LogP contribution is -2.05. The fourth-order valence-corrected chi connectivity index (χ4v) is 2.28. The Balaban J connectivity index is 1.85. The van der Waals surface area contributed by atoms with E-state index in [1.54, 1.807) is 0 Å². The molecule has 3 aromatic rings. The fraction of sp³-hybridized carbons (Fsp3) is 0.188. The van der Waals surface area contributed by atoms with Crippen LogP contribution in [0.25, 0.3) is 10.9 Å². The monoisotopic (exact) mass is 279 g/mol. The van der Waals surface area contributed by atoms with Crippen LogP contribution in [0.2, 0.25) is 0 Å². The van der Waals surface area contributed by atoms with Crippen molar-refractivity contribution in [3.63, 3.8) is 0 Å². The molecule has 0 aliphatic heterocycles. The molecule has 0 saturated carbocycles. The lowest BCUT2D eigenvalue weighted by atomic mass is 10.1. The number of hydrogen-bond donors (Lipinski definition) is 2. The molecule has 0 atom stereocenters. The number of rotatable bonds is 4. The maximum absolute atomic E-state index is 4.46. The Labute approximate surface area is 123 Å². The summed E-state index contributed by atoms with van der Waals surface area (Å²) >= 11 is 0. The van der Waals surface area contributed by atoms with Crippen LogP contribution in [0.3, 0.4) is 0 Å². The minimum atomic E-state index is 0.675. The van der Waals surface area contributed by atoms with E-state index < -0.39 is 0 Å². The highest BCUT2D eigenvalue weighted by molar-refractivity contribution is 5.81. The van der Waals surface area contributed by atoms with Gasteiger partial charge in [0.15, 0.2) is 0 Å². The molecule has 1 aromatic carbocycles. The van der Waals surface area contributed by atoms with Gasteiger partial charge in [-0.25, -0.2) is 9.97 Å². The fourth-order valence-electron chi connectivity index (χ4n) is 2.28. The molecular weight excluding hydrogens is 262 g/mol. The van der Waals surface area contributed by atoms with Crippen molar-refractivity contribution in [2.24, 2.45) is 0 Å². The number of fused-ring (bicyclic) bond motifs is 1. The van der Waals surface area contributed by atoms with E-state index in [-0.39, 0.29) is 0 Å². The summed E-state index contributed by atoms with van der Waals surface area (Å²) in [5.41, 5.74) is 2.17. The molecule has 0 saturated heterocycles. The normalized spacial score (nSPS) is 10.6. The van der Waals surface area contributed by atoms with Gasteiger partial charge in [-0.2, -0.15) is 0 Å². The minimum Gasteiger partial charge on any atom is -0.373 e. The summed E-state index contributed by atoms with van der Waals surface area (Å²) in [7, 11) is 1.85. The van der Waals surface area contributed by atoms with Crippen LogP contribution in [0, 0.1) is 6.92 Å². The van der Waals surface area contributed by atoms with Crippen LogP contribution in [0.15, 0.2) is 42.6 Å². The second-order valence-electron chi connectivity index (χ2n) is 4.78. The second-order valence-corrected chi connectivity index (χ2v) is 4.78. The van der Waals surface area contributed by atoms with E-state index in [0.29, 0.717) is 6.54 Å². The van der Waals surface area contributed by atoms with Gasteiger partial charge < -0.3 is 10.6 Å². The third kappa shape index (κ3) is 2.91. The molecule has 0 fully saturated rings. The number of nitrogens with zero attached hydrogens (tertiary/aromatic N) is 3. The van der Waals surface area contributed by atoms with E-state index in [0.717, 1.165) is 33.9 Å². The highest BCUT2D eigenvalue weighted by atomic mass is 15.1. The number of aromatic nitrogens is 3. The average Bonchev–Trinajstić information content (AvgIpc) is 2.52. The van der Waals surface area contributed by atoms with Crippen molar-refractivity contribution in [2.75, 3.05) is 17.7 Å². The molecule has 0 radical (unpaired) electrons. The molecule has 0 spiro atoms. The Bertz CT molecular complexity index is 764. The second kappa shape index (κ2) is 5.75. The average molecular weight is 279 g/mol. The first-order valence-corrected chi connectivity index (χ1v) is 6.86. The van der Waals surface area contributed by atoms with E-state index in [1.165, 1.54) is 0 Å². The van der Waals surface area contributed by atoms with Crippen LogP contribution in [0.4, 0.5) is 11.6 Å². The van der Waals surface area contributed by atoms with Crippen LogP contribution in [-0.2, 0) is 6.54 Å². The number of para-hydroxylation sites is 1. The van der Waals surface area contributed by atoms with E-state index in [4.69, 9.17) is 0 Å². The maximum Gasteiger partial charge on any atom is 0.132 e. The van der Waals surface area contributed by atoms with E-state index in [9.17, 15) is 0 Å². The van der Waals surface area contributed by atoms with Gasteiger partial charge in [0.1, 0.15) is 17.5 Å². The van der Waals surface area contributed by atoms with Gasteiger partial charge in [0.05, 0.1) is 5.52 Å². The summed E-state index contributed by atoms with van der Waals surface area (Å²) in [5.74, 6) is 2.35. The Hall–Kier alpha value is -2.69. The Kier molecular flexibility index (Phi) is 3.64. The maximum atomic E-state index is 4.46. The lowest BCUT2D eigenvalue weighted by molar-refractivity contribution is 1.02. The molecule has 5 nitrogen and oxygen atoms in total. The van der Waals surface area contributed by atoms with Crippen molar-refractivity contribution >= 4 is 22.5 Å². The molecule has 106 valence electrons. The molecule has 2 N–H and O–H groups in total. The van der Waals surface area contributed by atoms with Crippen LogP contribution in [0.5, 0.6) is 0 Å². The molecular formula is C16H17N5. The zero-order valence-electron chi connectivity index (χ0n) is 12.1. The van der Waals surface area contributed by atoms with E-state index in [1.807, 2.05) is 38.4 Å². The standard InChI is InChI=1S/C16H17N5/c1-11-20-14(17-2)9-15(21-11)19-10-13-6-3-5-12-7-4-8-18-16(12)13/h3-9H,10H2,1-2H3,(H2,17,19,20,21). The highest BCUT2D eigenvalue weighted by Crippen LogP contribution is 2.18. The molecule has 2 aromatic heterocycles. The molecule has 2 heterocycles. The smallest absolute Gasteiger partial charge is 0.132 e. The van der Waals surface area contributed by atoms with Crippen molar-refractivity contribution < 1.29 is 0 Å². The minimum absolute atomic E-state index is 0.675. The summed E-state index contributed by atoms with van der Waals surface area (Å²) in [4.78, 5) is 13.1. The van der Waals surface area contributed by atoms with Gasteiger partial charge in [-0.05, 0) is 18.6 Å². The molecule has 0 bridgehead atoms. The summed E-state index contributed by atoms with van der Waals surface area (Å²) in [6, 6.07) is 12.1. The predicted octanol–water partition coefficient (Wildman–Crippen LogP) is 2.99. The summed E-state index contributed by atoms with van der Waals surface area (Å²) in [6.07, 6.45) is 1.82. The van der Waals surface area contributed by atoms with Crippen LogP contribution < -0.4 is 10.6 Å². The van der Waals surface area contributed by atoms with Crippen LogP contribution in [-0.4, -0.2) is 22.0 Å².